The number of hydrazone groups is 1. The molecule has 0 bridgehead atoms. The SMILES string of the molecule is CCOC(=O)C(C/C(=N/NS(=O)(=O)c1ccccc1)c1ccccc1)=P(c1ccccc1)(c1ccccc1)c1ccccc1. The third-order valence-electron chi connectivity index (χ3n) is 7.14. The Morgan fingerprint density at radius 3 is 1.50 bits per heavy atom. The van der Waals surface area contributed by atoms with E-state index >= 15 is 0 Å². The Morgan fingerprint density at radius 2 is 1.07 bits per heavy atom. The standard InChI is InChI=1S/C36H33N2O4PS/c1-2-42-36(39)35(28-34(29-18-8-3-9-19-29)37-38-44(40,41)33-26-16-7-17-27-33)43(30-20-10-4-11-21-30,31-22-12-5-13-23-31)32-24-14-6-15-25-32/h3-27,38H,2,28H2,1H3/b37-34-. The van der Waals surface area contributed by atoms with Gasteiger partial charge in [-0.3, -0.25) is 0 Å². The Hall–Kier alpha value is -4.71. The number of sulfonamides is 1. The smallest absolute Gasteiger partial charge is 0.335 e. The van der Waals surface area contributed by atoms with Crippen molar-refractivity contribution < 1.29 is 17.9 Å². The van der Waals surface area contributed by atoms with E-state index in [0.717, 1.165) is 15.9 Å². The van der Waals surface area contributed by atoms with Crippen molar-refractivity contribution in [2.45, 2.75) is 18.2 Å². The summed E-state index contributed by atoms with van der Waals surface area (Å²) in [5.74, 6) is -0.452. The van der Waals surface area contributed by atoms with Crippen molar-refractivity contribution in [3.63, 3.8) is 0 Å². The van der Waals surface area contributed by atoms with Crippen LogP contribution in [0.3, 0.4) is 0 Å². The lowest BCUT2D eigenvalue weighted by Gasteiger charge is -2.32. The van der Waals surface area contributed by atoms with E-state index in [0.29, 0.717) is 16.6 Å². The van der Waals surface area contributed by atoms with Crippen LogP contribution in [0.15, 0.2) is 162 Å². The first-order valence-electron chi connectivity index (χ1n) is 14.2. The predicted octanol–water partition coefficient (Wildman–Crippen LogP) is 5.49. The molecule has 0 saturated heterocycles. The molecule has 0 aliphatic carbocycles. The van der Waals surface area contributed by atoms with Gasteiger partial charge in [-0.25, -0.2) is 4.79 Å². The van der Waals surface area contributed by atoms with Gasteiger partial charge in [-0.1, -0.05) is 140 Å². The van der Waals surface area contributed by atoms with Gasteiger partial charge in [-0.15, -0.1) is 0 Å². The molecule has 0 aliphatic heterocycles. The molecule has 0 amide bonds. The molecule has 5 aromatic carbocycles. The summed E-state index contributed by atoms with van der Waals surface area (Å²) < 4.78 is 32.3. The van der Waals surface area contributed by atoms with E-state index in [1.54, 1.807) is 25.1 Å². The minimum atomic E-state index is -3.98. The van der Waals surface area contributed by atoms with Crippen LogP contribution in [-0.2, 0) is 19.6 Å². The summed E-state index contributed by atoms with van der Waals surface area (Å²) in [7, 11) is -3.98. The van der Waals surface area contributed by atoms with Crippen LogP contribution in [-0.4, -0.2) is 32.0 Å². The second-order valence-electron chi connectivity index (χ2n) is 9.85. The predicted molar refractivity (Wildman–Crippen MR) is 181 cm³/mol. The molecule has 6 nitrogen and oxygen atoms in total. The zero-order chi connectivity index (χ0) is 30.8. The maximum Gasteiger partial charge on any atom is 0.335 e. The number of benzene rings is 5. The van der Waals surface area contributed by atoms with Crippen molar-refractivity contribution in [2.24, 2.45) is 5.10 Å². The number of nitrogens with one attached hydrogen (secondary N) is 1. The minimum Gasteiger partial charge on any atom is -0.463 e. The Balaban J connectivity index is 1.84. The first kappa shape index (κ1) is 30.7. The second-order valence-corrected chi connectivity index (χ2v) is 14.9. The van der Waals surface area contributed by atoms with E-state index in [1.165, 1.54) is 12.1 Å². The zero-order valence-electron chi connectivity index (χ0n) is 24.3. The number of hydrogen-bond donors (Lipinski definition) is 1. The molecule has 5 rings (SSSR count). The van der Waals surface area contributed by atoms with E-state index in [-0.39, 0.29) is 17.9 Å². The van der Waals surface area contributed by atoms with Gasteiger partial charge in [0.15, 0.2) is 0 Å². The monoisotopic (exact) mass is 620 g/mol. The molecule has 8 heteroatoms. The summed E-state index contributed by atoms with van der Waals surface area (Å²) in [5, 5.41) is 7.90. The fourth-order valence-corrected chi connectivity index (χ4v) is 10.4. The molecule has 0 aliphatic rings. The molecule has 0 atom stereocenters. The van der Waals surface area contributed by atoms with E-state index in [4.69, 9.17) is 4.74 Å². The number of ether oxygens (including phenoxy) is 1. The molecular weight excluding hydrogens is 587 g/mol. The number of nitrogens with zero attached hydrogens (tertiary/aromatic N) is 1. The summed E-state index contributed by atoms with van der Waals surface area (Å²) in [6, 6.07) is 47.3. The highest BCUT2D eigenvalue weighted by atomic mass is 32.2. The van der Waals surface area contributed by atoms with Crippen LogP contribution in [0.1, 0.15) is 18.9 Å². The molecule has 0 unspecified atom stereocenters. The van der Waals surface area contributed by atoms with Crippen LogP contribution < -0.4 is 20.7 Å². The number of hydrogen-bond acceptors (Lipinski definition) is 5. The van der Waals surface area contributed by atoms with E-state index in [2.05, 4.69) is 9.93 Å². The molecule has 0 spiro atoms. The largest absolute Gasteiger partial charge is 0.463 e. The van der Waals surface area contributed by atoms with E-state index in [9.17, 15) is 13.2 Å². The summed E-state index contributed by atoms with van der Waals surface area (Å²) >= 11 is 0. The van der Waals surface area contributed by atoms with Crippen LogP contribution >= 0.6 is 6.89 Å². The average molecular weight is 621 g/mol. The molecule has 222 valence electrons. The average Bonchev–Trinajstić information content (AvgIpc) is 3.08. The molecule has 0 heterocycles. The van der Waals surface area contributed by atoms with Gasteiger partial charge >= 0.3 is 5.97 Å². The van der Waals surface area contributed by atoms with Gasteiger partial charge in [0.2, 0.25) is 0 Å². The zero-order valence-corrected chi connectivity index (χ0v) is 26.0. The normalized spacial score (nSPS) is 11.9. The third kappa shape index (κ3) is 6.60. The second kappa shape index (κ2) is 14.2. The van der Waals surface area contributed by atoms with Crippen LogP contribution in [0.25, 0.3) is 0 Å². The van der Waals surface area contributed by atoms with Crippen molar-refractivity contribution in [3.05, 3.63) is 157 Å². The minimum absolute atomic E-state index is 0.0343. The lowest BCUT2D eigenvalue weighted by Crippen LogP contribution is -2.36. The summed E-state index contributed by atoms with van der Waals surface area (Å²) in [6.07, 6.45) is 0.0343. The maximum atomic E-state index is 14.3. The highest BCUT2D eigenvalue weighted by molar-refractivity contribution is 7.96. The van der Waals surface area contributed by atoms with Crippen molar-refractivity contribution in [3.8, 4) is 0 Å². The van der Waals surface area contributed by atoms with Gasteiger partial charge in [0.05, 0.1) is 22.5 Å². The highest BCUT2D eigenvalue weighted by Crippen LogP contribution is 2.47. The van der Waals surface area contributed by atoms with Crippen molar-refractivity contribution in [1.29, 1.82) is 0 Å². The molecular formula is C36H33N2O4PS. The molecule has 0 aromatic heterocycles. The number of carbonyl (C=O) groups is 1. The molecule has 0 saturated carbocycles. The summed E-state index contributed by atoms with van der Waals surface area (Å²) in [5.41, 5.74) is 1.07. The maximum absolute atomic E-state index is 14.3. The molecule has 44 heavy (non-hydrogen) atoms. The molecule has 1 N–H and O–H groups in total. The number of esters is 1. The Kier molecular flexibility index (Phi) is 9.90. The lowest BCUT2D eigenvalue weighted by molar-refractivity contribution is -0.134. The van der Waals surface area contributed by atoms with Gasteiger partial charge in [-0.05, 0) is 47.4 Å². The van der Waals surface area contributed by atoms with Crippen LogP contribution in [0, 0.1) is 0 Å². The topological polar surface area (TPSA) is 84.8 Å². The van der Waals surface area contributed by atoms with Crippen molar-refractivity contribution >= 4 is 49.8 Å². The third-order valence-corrected chi connectivity index (χ3v) is 12.7. The van der Waals surface area contributed by atoms with Crippen molar-refractivity contribution in [2.75, 3.05) is 6.61 Å². The van der Waals surface area contributed by atoms with Crippen LogP contribution in [0.4, 0.5) is 0 Å². The van der Waals surface area contributed by atoms with Gasteiger partial charge < -0.3 is 4.74 Å². The van der Waals surface area contributed by atoms with E-state index in [1.807, 2.05) is 121 Å². The molecule has 0 fully saturated rings. The Bertz CT molecular complexity index is 1780. The highest BCUT2D eigenvalue weighted by Gasteiger charge is 2.34. The lowest BCUT2D eigenvalue weighted by atomic mass is 10.1. The van der Waals surface area contributed by atoms with Crippen LogP contribution in [0.5, 0.6) is 0 Å². The summed E-state index contributed by atoms with van der Waals surface area (Å²) in [6.45, 7) is -0.901. The molecule has 0 radical (unpaired) electrons. The molecule has 5 aromatic rings. The van der Waals surface area contributed by atoms with Gasteiger partial charge in [-0.2, -0.15) is 18.4 Å². The van der Waals surface area contributed by atoms with Gasteiger partial charge in [0.1, 0.15) is 0 Å². The number of rotatable bonds is 11. The van der Waals surface area contributed by atoms with Crippen LogP contribution in [0.2, 0.25) is 0 Å². The number of carbonyl (C=O) groups excluding carboxylic acids is 1. The van der Waals surface area contributed by atoms with Gasteiger partial charge in [0.25, 0.3) is 10.0 Å². The van der Waals surface area contributed by atoms with Crippen molar-refractivity contribution in [1.82, 2.24) is 4.83 Å². The first-order chi connectivity index (χ1) is 21.5. The Morgan fingerprint density at radius 1 is 0.659 bits per heavy atom. The fourth-order valence-electron chi connectivity index (χ4n) is 5.17. The summed E-state index contributed by atoms with van der Waals surface area (Å²) in [4.78, 5) is 16.8. The van der Waals surface area contributed by atoms with E-state index < -0.39 is 22.9 Å². The fraction of sp³-hybridized carbons (Fsp3) is 0.0833. The first-order valence-corrected chi connectivity index (χ1v) is 17.5. The van der Waals surface area contributed by atoms with Gasteiger partial charge in [0, 0.05) is 6.42 Å². The quantitative estimate of drug-likeness (QED) is 0.0917. The Labute approximate surface area is 259 Å².